The molecule has 68 valence electrons. The molecule has 1 rings (SSSR count). The van der Waals surface area contributed by atoms with Gasteiger partial charge >= 0.3 is 5.97 Å². The summed E-state index contributed by atoms with van der Waals surface area (Å²) in [6, 6.07) is 6.88. The van der Waals surface area contributed by atoms with Gasteiger partial charge in [0.15, 0.2) is 0 Å². The quantitative estimate of drug-likeness (QED) is 0.401. The Morgan fingerprint density at radius 2 is 2.23 bits per heavy atom. The second kappa shape index (κ2) is 4.96. The molecule has 0 saturated heterocycles. The molecule has 1 aromatic rings. The molecule has 0 unspecified atom stereocenters. The number of nitrogens with one attached hydrogen (secondary N) is 1. The highest BCUT2D eigenvalue weighted by Crippen LogP contribution is 2.08. The Kier molecular flexibility index (Phi) is 3.88. The van der Waals surface area contributed by atoms with Gasteiger partial charge in [0.05, 0.1) is 5.56 Å². The Labute approximate surface area is 89.7 Å². The number of alkyl halides is 1. The van der Waals surface area contributed by atoms with Gasteiger partial charge in [-0.3, -0.25) is 0 Å². The minimum absolute atomic E-state index is 0.322. The molecule has 0 saturated carbocycles. The van der Waals surface area contributed by atoms with E-state index in [2.05, 4.69) is 0 Å². The third-order valence-electron chi connectivity index (χ3n) is 1.52. The molecule has 0 aliphatic carbocycles. The first-order chi connectivity index (χ1) is 6.29. The zero-order valence-electron chi connectivity index (χ0n) is 6.79. The van der Waals surface area contributed by atoms with Crippen LogP contribution in [-0.2, 0) is 4.74 Å². The van der Waals surface area contributed by atoms with Gasteiger partial charge in [-0.1, -0.05) is 18.2 Å². The van der Waals surface area contributed by atoms with E-state index in [1.165, 1.54) is 0 Å². The topological polar surface area (TPSA) is 50.2 Å². The average Bonchev–Trinajstić information content (AvgIpc) is 2.18. The number of hydrogen-bond donors (Lipinski definition) is 1. The molecule has 0 heterocycles. The van der Waals surface area contributed by atoms with E-state index in [1.807, 2.05) is 22.6 Å². The van der Waals surface area contributed by atoms with E-state index in [0.29, 0.717) is 15.7 Å². The van der Waals surface area contributed by atoms with Crippen molar-refractivity contribution in [1.82, 2.24) is 0 Å². The van der Waals surface area contributed by atoms with E-state index >= 15 is 0 Å². The van der Waals surface area contributed by atoms with Crippen LogP contribution in [0.25, 0.3) is 0 Å². The van der Waals surface area contributed by atoms with Gasteiger partial charge in [-0.25, -0.2) is 4.79 Å². The number of carbonyl (C=O) groups is 1. The van der Waals surface area contributed by atoms with E-state index in [1.54, 1.807) is 24.3 Å². The van der Waals surface area contributed by atoms with Gasteiger partial charge in [0.2, 0.25) is 0 Å². The van der Waals surface area contributed by atoms with Crippen LogP contribution in [0.3, 0.4) is 0 Å². The molecule has 3 nitrogen and oxygen atoms in total. The molecule has 0 aromatic heterocycles. The van der Waals surface area contributed by atoms with Crippen molar-refractivity contribution in [1.29, 1.82) is 5.41 Å². The first-order valence-corrected chi connectivity index (χ1v) is 5.14. The number of rotatable bonds is 3. The number of halogens is 1. The molecular formula is C9H8INO2. The molecule has 4 heteroatoms. The van der Waals surface area contributed by atoms with E-state index < -0.39 is 0 Å². The number of ether oxygens (including phenoxy) is 1. The van der Waals surface area contributed by atoms with Crippen molar-refractivity contribution in [2.24, 2.45) is 0 Å². The molecule has 0 bridgehead atoms. The molecule has 0 atom stereocenters. The van der Waals surface area contributed by atoms with Crippen LogP contribution in [0.2, 0.25) is 0 Å². The molecule has 0 spiro atoms. The standard InChI is InChI=1S/C9H8INO2/c10-6-13-9(12)8-4-2-1-3-7(8)5-11/h1-5,11H,6H2. The third kappa shape index (κ3) is 2.51. The fourth-order valence-corrected chi connectivity index (χ4v) is 1.22. The van der Waals surface area contributed by atoms with E-state index in [-0.39, 0.29) is 5.97 Å². The first kappa shape index (κ1) is 10.2. The van der Waals surface area contributed by atoms with Crippen LogP contribution >= 0.6 is 22.6 Å². The van der Waals surface area contributed by atoms with Gasteiger partial charge in [0.1, 0.15) is 4.61 Å². The predicted molar refractivity (Wildman–Crippen MR) is 58.6 cm³/mol. The minimum Gasteiger partial charge on any atom is -0.451 e. The van der Waals surface area contributed by atoms with Crippen molar-refractivity contribution in [3.05, 3.63) is 35.4 Å². The Balaban J connectivity index is 2.98. The van der Waals surface area contributed by atoms with Gasteiger partial charge in [-0.05, 0) is 28.7 Å². The largest absolute Gasteiger partial charge is 0.451 e. The maximum atomic E-state index is 11.3. The molecule has 0 aliphatic heterocycles. The fourth-order valence-electron chi connectivity index (χ4n) is 0.936. The highest BCUT2D eigenvalue weighted by Gasteiger charge is 2.09. The summed E-state index contributed by atoms with van der Waals surface area (Å²) >= 11 is 1.95. The molecule has 0 aliphatic rings. The summed E-state index contributed by atoms with van der Waals surface area (Å²) < 4.78 is 5.14. The smallest absolute Gasteiger partial charge is 0.339 e. The highest BCUT2D eigenvalue weighted by molar-refractivity contribution is 14.1. The zero-order chi connectivity index (χ0) is 9.68. The highest BCUT2D eigenvalue weighted by atomic mass is 127. The van der Waals surface area contributed by atoms with Crippen LogP contribution in [-0.4, -0.2) is 16.8 Å². The molecule has 1 aromatic carbocycles. The molecular weight excluding hydrogens is 281 g/mol. The molecule has 13 heavy (non-hydrogen) atoms. The summed E-state index contributed by atoms with van der Waals surface area (Å²) in [6.07, 6.45) is 1.14. The number of hydrogen-bond acceptors (Lipinski definition) is 3. The lowest BCUT2D eigenvalue weighted by molar-refractivity contribution is 0.0590. The first-order valence-electron chi connectivity index (χ1n) is 3.62. The minimum atomic E-state index is -0.381. The van der Waals surface area contributed by atoms with Crippen molar-refractivity contribution < 1.29 is 9.53 Å². The van der Waals surface area contributed by atoms with Crippen molar-refractivity contribution >= 4 is 34.8 Å². The number of esters is 1. The van der Waals surface area contributed by atoms with Gasteiger partial charge in [0.25, 0.3) is 0 Å². The summed E-state index contributed by atoms with van der Waals surface area (Å²) in [5.74, 6) is -0.381. The Morgan fingerprint density at radius 3 is 2.85 bits per heavy atom. The fraction of sp³-hybridized carbons (Fsp3) is 0.111. The Morgan fingerprint density at radius 1 is 1.54 bits per heavy atom. The average molecular weight is 289 g/mol. The van der Waals surface area contributed by atoms with Crippen molar-refractivity contribution in [2.45, 2.75) is 0 Å². The molecule has 0 fully saturated rings. The molecule has 0 radical (unpaired) electrons. The monoisotopic (exact) mass is 289 g/mol. The van der Waals surface area contributed by atoms with Crippen LogP contribution in [0.1, 0.15) is 15.9 Å². The van der Waals surface area contributed by atoms with E-state index in [0.717, 1.165) is 6.21 Å². The van der Waals surface area contributed by atoms with Gasteiger partial charge in [-0.15, -0.1) is 0 Å². The third-order valence-corrected chi connectivity index (χ3v) is 1.83. The van der Waals surface area contributed by atoms with E-state index in [9.17, 15) is 4.79 Å². The summed E-state index contributed by atoms with van der Waals surface area (Å²) in [4.78, 5) is 11.3. The number of carbonyl (C=O) groups excluding carboxylic acids is 1. The maximum Gasteiger partial charge on any atom is 0.339 e. The predicted octanol–water partition coefficient (Wildman–Crippen LogP) is 2.23. The van der Waals surface area contributed by atoms with Crippen molar-refractivity contribution in [3.63, 3.8) is 0 Å². The number of benzene rings is 1. The summed E-state index contributed by atoms with van der Waals surface area (Å²) in [5.41, 5.74) is 1.02. The summed E-state index contributed by atoms with van der Waals surface area (Å²) in [6.45, 7) is 0. The zero-order valence-corrected chi connectivity index (χ0v) is 8.95. The SMILES string of the molecule is N=Cc1ccccc1C(=O)OCI. The van der Waals surface area contributed by atoms with Gasteiger partial charge in [0, 0.05) is 11.8 Å². The second-order valence-corrected chi connectivity index (χ2v) is 2.90. The van der Waals surface area contributed by atoms with Crippen LogP contribution in [0.15, 0.2) is 24.3 Å². The lowest BCUT2D eigenvalue weighted by Gasteiger charge is -2.03. The normalized spacial score (nSPS) is 9.31. The molecule has 0 amide bonds. The van der Waals surface area contributed by atoms with Crippen LogP contribution in [0.4, 0.5) is 0 Å². The van der Waals surface area contributed by atoms with Crippen LogP contribution in [0.5, 0.6) is 0 Å². The maximum absolute atomic E-state index is 11.3. The van der Waals surface area contributed by atoms with Crippen LogP contribution < -0.4 is 0 Å². The summed E-state index contributed by atoms with van der Waals surface area (Å²) in [5, 5.41) is 7.08. The second-order valence-electron chi connectivity index (χ2n) is 2.27. The lowest BCUT2D eigenvalue weighted by atomic mass is 10.1. The van der Waals surface area contributed by atoms with Gasteiger partial charge < -0.3 is 10.1 Å². The Bertz CT molecular complexity index is 325. The lowest BCUT2D eigenvalue weighted by Crippen LogP contribution is -2.06. The summed E-state index contributed by atoms with van der Waals surface area (Å²) in [7, 11) is 0. The molecule has 1 N–H and O–H groups in total. The van der Waals surface area contributed by atoms with Crippen molar-refractivity contribution in [3.8, 4) is 0 Å². The van der Waals surface area contributed by atoms with Crippen LogP contribution in [0, 0.1) is 5.41 Å². The van der Waals surface area contributed by atoms with Gasteiger partial charge in [-0.2, -0.15) is 0 Å². The van der Waals surface area contributed by atoms with Crippen molar-refractivity contribution in [2.75, 3.05) is 4.61 Å². The Hall–Kier alpha value is -0.910. The van der Waals surface area contributed by atoms with E-state index in [4.69, 9.17) is 10.1 Å².